The molecule has 0 aliphatic heterocycles. The van der Waals surface area contributed by atoms with Gasteiger partial charge in [-0.25, -0.2) is 0 Å². The number of carbonyl (C=O) groups is 1. The van der Waals surface area contributed by atoms with Gasteiger partial charge in [-0.3, -0.25) is 4.79 Å². The molecule has 1 saturated carbocycles. The van der Waals surface area contributed by atoms with Crippen LogP contribution in [0.3, 0.4) is 0 Å². The van der Waals surface area contributed by atoms with Gasteiger partial charge in [-0.15, -0.1) is 0 Å². The predicted octanol–water partition coefficient (Wildman–Crippen LogP) is 4.01. The Balaban J connectivity index is 1.71. The molecule has 1 aliphatic rings. The van der Waals surface area contributed by atoms with Gasteiger partial charge in [0.05, 0.1) is 0 Å². The van der Waals surface area contributed by atoms with Crippen LogP contribution in [-0.4, -0.2) is 5.78 Å². The average molecular weight is 259 g/mol. The topological polar surface area (TPSA) is 43.1 Å². The lowest BCUT2D eigenvalue weighted by atomic mass is 9.85. The molecule has 0 spiro atoms. The van der Waals surface area contributed by atoms with E-state index in [4.69, 9.17) is 5.73 Å². The average Bonchev–Trinajstić information content (AvgIpc) is 2.47. The molecule has 1 atom stereocenters. The summed E-state index contributed by atoms with van der Waals surface area (Å²) in [5, 5.41) is 0. The highest BCUT2D eigenvalue weighted by molar-refractivity contribution is 5.78. The van der Waals surface area contributed by atoms with E-state index in [-0.39, 0.29) is 6.04 Å². The summed E-state index contributed by atoms with van der Waals surface area (Å²) in [6.45, 7) is 0. The van der Waals surface area contributed by atoms with Crippen molar-refractivity contribution < 1.29 is 4.79 Å². The SMILES string of the molecule is NC(CCC(=O)CC1CCCCC1)c1ccccc1. The van der Waals surface area contributed by atoms with Crippen molar-refractivity contribution in [3.8, 4) is 0 Å². The molecule has 2 nitrogen and oxygen atoms in total. The highest BCUT2D eigenvalue weighted by Gasteiger charge is 2.17. The summed E-state index contributed by atoms with van der Waals surface area (Å²) in [6, 6.07) is 10.1. The first kappa shape index (κ1) is 14.3. The Hall–Kier alpha value is -1.15. The number of rotatable bonds is 6. The molecule has 0 bridgehead atoms. The number of Topliss-reactive ketones (excluding diaryl/α,β-unsaturated/α-hetero) is 1. The summed E-state index contributed by atoms with van der Waals surface area (Å²) >= 11 is 0. The third-order valence-corrected chi connectivity index (χ3v) is 4.20. The molecule has 0 heterocycles. The summed E-state index contributed by atoms with van der Waals surface area (Å²) in [5.74, 6) is 1.05. The Kier molecular flexibility index (Phi) is 5.59. The van der Waals surface area contributed by atoms with Crippen molar-refractivity contribution in [3.63, 3.8) is 0 Å². The molecule has 0 saturated heterocycles. The smallest absolute Gasteiger partial charge is 0.133 e. The molecule has 19 heavy (non-hydrogen) atoms. The molecular formula is C17H25NO. The zero-order valence-corrected chi connectivity index (χ0v) is 11.7. The Morgan fingerprint density at radius 1 is 1.16 bits per heavy atom. The Bertz CT molecular complexity index is 382. The van der Waals surface area contributed by atoms with E-state index < -0.39 is 0 Å². The lowest BCUT2D eigenvalue weighted by Gasteiger charge is -2.21. The van der Waals surface area contributed by atoms with Gasteiger partial charge >= 0.3 is 0 Å². The highest BCUT2D eigenvalue weighted by Crippen LogP contribution is 2.27. The fourth-order valence-corrected chi connectivity index (χ4v) is 3.00. The normalized spacial score (nSPS) is 18.2. The van der Waals surface area contributed by atoms with Gasteiger partial charge < -0.3 is 5.73 Å². The number of ketones is 1. The molecule has 1 aromatic rings. The minimum Gasteiger partial charge on any atom is -0.324 e. The van der Waals surface area contributed by atoms with E-state index in [2.05, 4.69) is 0 Å². The van der Waals surface area contributed by atoms with Crippen molar-refractivity contribution in [1.82, 2.24) is 0 Å². The van der Waals surface area contributed by atoms with Crippen molar-refractivity contribution in [3.05, 3.63) is 35.9 Å². The van der Waals surface area contributed by atoms with Crippen LogP contribution >= 0.6 is 0 Å². The molecule has 2 heteroatoms. The molecule has 2 N–H and O–H groups in total. The maximum absolute atomic E-state index is 12.0. The highest BCUT2D eigenvalue weighted by atomic mass is 16.1. The molecule has 104 valence electrons. The summed E-state index contributed by atoms with van der Waals surface area (Å²) in [7, 11) is 0. The lowest BCUT2D eigenvalue weighted by Crippen LogP contribution is -2.15. The van der Waals surface area contributed by atoms with Crippen LogP contribution in [0.1, 0.15) is 63.0 Å². The second-order valence-corrected chi connectivity index (χ2v) is 5.80. The third kappa shape index (κ3) is 4.79. The zero-order valence-electron chi connectivity index (χ0n) is 11.7. The van der Waals surface area contributed by atoms with Crippen LogP contribution in [0.25, 0.3) is 0 Å². The Morgan fingerprint density at radius 3 is 2.53 bits per heavy atom. The van der Waals surface area contributed by atoms with Gasteiger partial charge in [0, 0.05) is 18.9 Å². The predicted molar refractivity (Wildman–Crippen MR) is 78.8 cm³/mol. The second-order valence-electron chi connectivity index (χ2n) is 5.80. The Morgan fingerprint density at radius 2 is 1.84 bits per heavy atom. The minimum atomic E-state index is -0.00324. The standard InChI is InChI=1S/C17H25NO/c18-17(15-9-5-2-6-10-15)12-11-16(19)13-14-7-3-1-4-8-14/h2,5-6,9-10,14,17H,1,3-4,7-8,11-13,18H2. The van der Waals surface area contributed by atoms with Crippen LogP contribution in [-0.2, 0) is 4.79 Å². The maximum Gasteiger partial charge on any atom is 0.133 e. The number of hydrogen-bond acceptors (Lipinski definition) is 2. The monoisotopic (exact) mass is 259 g/mol. The van der Waals surface area contributed by atoms with E-state index in [0.29, 0.717) is 18.1 Å². The summed E-state index contributed by atoms with van der Waals surface area (Å²) in [4.78, 5) is 12.0. The van der Waals surface area contributed by atoms with Gasteiger partial charge in [0.2, 0.25) is 0 Å². The summed E-state index contributed by atoms with van der Waals surface area (Å²) in [6.07, 6.45) is 8.64. The van der Waals surface area contributed by atoms with Crippen molar-refractivity contribution in [2.75, 3.05) is 0 Å². The molecule has 0 aromatic heterocycles. The van der Waals surface area contributed by atoms with Crippen LogP contribution in [0.2, 0.25) is 0 Å². The van der Waals surface area contributed by atoms with E-state index in [1.807, 2.05) is 30.3 Å². The fourth-order valence-electron chi connectivity index (χ4n) is 3.00. The molecule has 2 rings (SSSR count). The summed E-state index contributed by atoms with van der Waals surface area (Å²) < 4.78 is 0. The van der Waals surface area contributed by atoms with Gasteiger partial charge in [0.15, 0.2) is 0 Å². The van der Waals surface area contributed by atoms with Gasteiger partial charge in [0.25, 0.3) is 0 Å². The maximum atomic E-state index is 12.0. The van der Waals surface area contributed by atoms with Crippen molar-refractivity contribution in [2.24, 2.45) is 11.7 Å². The first-order chi connectivity index (χ1) is 9.25. The van der Waals surface area contributed by atoms with Crippen LogP contribution in [0, 0.1) is 5.92 Å². The zero-order chi connectivity index (χ0) is 13.5. The van der Waals surface area contributed by atoms with E-state index >= 15 is 0 Å². The number of carbonyl (C=O) groups excluding carboxylic acids is 1. The number of hydrogen-bond donors (Lipinski definition) is 1. The summed E-state index contributed by atoms with van der Waals surface area (Å²) in [5.41, 5.74) is 7.26. The lowest BCUT2D eigenvalue weighted by molar-refractivity contribution is -0.120. The molecule has 0 amide bonds. The van der Waals surface area contributed by atoms with Crippen molar-refractivity contribution in [1.29, 1.82) is 0 Å². The van der Waals surface area contributed by atoms with Crippen molar-refractivity contribution >= 4 is 5.78 Å². The van der Waals surface area contributed by atoms with Gasteiger partial charge in [-0.05, 0) is 17.9 Å². The molecular weight excluding hydrogens is 234 g/mol. The van der Waals surface area contributed by atoms with Crippen LogP contribution in [0.5, 0.6) is 0 Å². The van der Waals surface area contributed by atoms with E-state index in [9.17, 15) is 4.79 Å². The first-order valence-electron chi connectivity index (χ1n) is 7.58. The molecule has 1 fully saturated rings. The third-order valence-electron chi connectivity index (χ3n) is 4.20. The molecule has 1 aliphatic carbocycles. The Labute approximate surface area is 116 Å². The van der Waals surface area contributed by atoms with Gasteiger partial charge in [-0.1, -0.05) is 62.4 Å². The van der Waals surface area contributed by atoms with Gasteiger partial charge in [0.1, 0.15) is 5.78 Å². The van der Waals surface area contributed by atoms with Crippen LogP contribution in [0.15, 0.2) is 30.3 Å². The van der Waals surface area contributed by atoms with Crippen LogP contribution in [0.4, 0.5) is 0 Å². The van der Waals surface area contributed by atoms with E-state index in [0.717, 1.165) is 18.4 Å². The number of benzene rings is 1. The largest absolute Gasteiger partial charge is 0.324 e. The first-order valence-corrected chi connectivity index (χ1v) is 7.58. The van der Waals surface area contributed by atoms with Crippen molar-refractivity contribution in [2.45, 2.75) is 57.4 Å². The quantitative estimate of drug-likeness (QED) is 0.839. The van der Waals surface area contributed by atoms with Gasteiger partial charge in [-0.2, -0.15) is 0 Å². The van der Waals surface area contributed by atoms with E-state index in [1.54, 1.807) is 0 Å². The second kappa shape index (κ2) is 7.44. The van der Waals surface area contributed by atoms with Crippen LogP contribution < -0.4 is 5.73 Å². The van der Waals surface area contributed by atoms with E-state index in [1.165, 1.54) is 32.1 Å². The molecule has 1 aromatic carbocycles. The molecule has 1 unspecified atom stereocenters. The number of nitrogens with two attached hydrogens (primary N) is 1. The minimum absolute atomic E-state index is 0.00324. The fraction of sp³-hybridized carbons (Fsp3) is 0.588. The molecule has 0 radical (unpaired) electrons.